The lowest BCUT2D eigenvalue weighted by molar-refractivity contribution is -0.384. The minimum atomic E-state index is -0.493. The molecule has 0 aliphatic heterocycles. The maximum absolute atomic E-state index is 12.0. The van der Waals surface area contributed by atoms with Crippen LogP contribution in [0.25, 0.3) is 0 Å². The van der Waals surface area contributed by atoms with Crippen LogP contribution in [0.5, 0.6) is 0 Å². The summed E-state index contributed by atoms with van der Waals surface area (Å²) in [6.07, 6.45) is 0. The van der Waals surface area contributed by atoms with Crippen LogP contribution in [0.2, 0.25) is 0 Å². The molecule has 108 valence electrons. The maximum Gasteiger partial charge on any atom is 0.270 e. The van der Waals surface area contributed by atoms with Crippen molar-refractivity contribution in [1.82, 2.24) is 4.90 Å². The molecular formula is C14H24N2O3. The van der Waals surface area contributed by atoms with Crippen molar-refractivity contribution in [2.45, 2.75) is 21.8 Å². The zero-order chi connectivity index (χ0) is 13.0. The average Bonchev–Trinajstić information content (AvgIpc) is 2.27. The van der Waals surface area contributed by atoms with E-state index in [0.29, 0.717) is 12.1 Å². The highest BCUT2D eigenvalue weighted by Gasteiger charge is 2.18. The quantitative estimate of drug-likeness (QED) is 0.467. The summed E-state index contributed by atoms with van der Waals surface area (Å²) >= 11 is 0. The second-order valence-electron chi connectivity index (χ2n) is 4.33. The Labute approximate surface area is 115 Å². The van der Waals surface area contributed by atoms with Gasteiger partial charge in [0.05, 0.1) is 4.92 Å². The van der Waals surface area contributed by atoms with Gasteiger partial charge < -0.3 is 4.90 Å². The van der Waals surface area contributed by atoms with E-state index >= 15 is 0 Å². The van der Waals surface area contributed by atoms with E-state index in [1.165, 1.54) is 18.2 Å². The first-order valence-electron chi connectivity index (χ1n) is 5.35. The van der Waals surface area contributed by atoms with E-state index in [9.17, 15) is 14.9 Å². The summed E-state index contributed by atoms with van der Waals surface area (Å²) in [5, 5.41) is 10.6. The van der Waals surface area contributed by atoms with Crippen molar-refractivity contribution < 1.29 is 9.72 Å². The Bertz CT molecular complexity index is 430. The van der Waals surface area contributed by atoms with Crippen LogP contribution in [-0.4, -0.2) is 36.2 Å². The van der Waals surface area contributed by atoms with Crippen molar-refractivity contribution in [3.63, 3.8) is 0 Å². The molecule has 1 aromatic rings. The molecule has 0 amide bonds. The lowest BCUT2D eigenvalue weighted by atomic mass is 9.99. The third-order valence-corrected chi connectivity index (χ3v) is 2.43. The van der Waals surface area contributed by atoms with Gasteiger partial charge in [-0.15, -0.1) is 0 Å². The molecule has 5 nitrogen and oxygen atoms in total. The third-order valence-electron chi connectivity index (χ3n) is 2.43. The highest BCUT2D eigenvalue weighted by atomic mass is 16.6. The van der Waals surface area contributed by atoms with Gasteiger partial charge in [0, 0.05) is 30.2 Å². The van der Waals surface area contributed by atoms with Gasteiger partial charge in [0.1, 0.15) is 0 Å². The van der Waals surface area contributed by atoms with E-state index in [-0.39, 0.29) is 32.2 Å². The second-order valence-corrected chi connectivity index (χ2v) is 4.33. The van der Waals surface area contributed by atoms with Gasteiger partial charge in [-0.05, 0) is 14.1 Å². The number of carbonyl (C=O) groups is 1. The molecule has 1 rings (SSSR count). The summed E-state index contributed by atoms with van der Waals surface area (Å²) in [4.78, 5) is 24.0. The number of carbonyl (C=O) groups excluding carboxylic acids is 1. The standard InChI is InChI=1S/C12H16N2O3.2CH4/c1-9(8-13(2)3)12(15)10-5-4-6-11(7-10)14(16)17;;/h4-7,9H,8H2,1-3H3;2*1H4/t9-;;/m0../s1. The number of nitro groups is 1. The van der Waals surface area contributed by atoms with Crippen LogP contribution in [0, 0.1) is 16.0 Å². The van der Waals surface area contributed by atoms with Crippen molar-refractivity contribution in [1.29, 1.82) is 0 Å². The van der Waals surface area contributed by atoms with Gasteiger partial charge in [0.2, 0.25) is 0 Å². The molecule has 19 heavy (non-hydrogen) atoms. The van der Waals surface area contributed by atoms with Crippen molar-refractivity contribution in [2.75, 3.05) is 20.6 Å². The summed E-state index contributed by atoms with van der Waals surface area (Å²) in [6.45, 7) is 2.45. The normalized spacial score (nSPS) is 11.2. The molecular weight excluding hydrogens is 244 g/mol. The summed E-state index contributed by atoms with van der Waals surface area (Å²) in [5.41, 5.74) is 0.349. The van der Waals surface area contributed by atoms with E-state index in [0.717, 1.165) is 0 Å². The Balaban J connectivity index is 0. The van der Waals surface area contributed by atoms with Gasteiger partial charge in [-0.1, -0.05) is 33.9 Å². The first kappa shape index (κ1) is 19.6. The average molecular weight is 268 g/mol. The van der Waals surface area contributed by atoms with Crippen LogP contribution in [-0.2, 0) is 0 Å². The highest BCUT2D eigenvalue weighted by molar-refractivity contribution is 5.98. The minimum Gasteiger partial charge on any atom is -0.309 e. The number of nitrogens with zero attached hydrogens (tertiary/aromatic N) is 2. The van der Waals surface area contributed by atoms with E-state index in [4.69, 9.17) is 0 Å². The lowest BCUT2D eigenvalue weighted by Gasteiger charge is -2.15. The number of rotatable bonds is 5. The van der Waals surface area contributed by atoms with E-state index in [2.05, 4.69) is 0 Å². The predicted octanol–water partition coefficient (Wildman–Crippen LogP) is 3.25. The molecule has 0 saturated carbocycles. The first-order valence-corrected chi connectivity index (χ1v) is 5.35. The predicted molar refractivity (Wildman–Crippen MR) is 78.6 cm³/mol. The van der Waals surface area contributed by atoms with E-state index in [1.807, 2.05) is 25.9 Å². The van der Waals surface area contributed by atoms with Gasteiger partial charge in [0.15, 0.2) is 5.78 Å². The summed E-state index contributed by atoms with van der Waals surface area (Å²) < 4.78 is 0. The molecule has 0 saturated heterocycles. The van der Waals surface area contributed by atoms with E-state index in [1.54, 1.807) is 6.07 Å². The molecule has 0 aliphatic carbocycles. The Hall–Kier alpha value is -1.75. The van der Waals surface area contributed by atoms with Crippen LogP contribution >= 0.6 is 0 Å². The van der Waals surface area contributed by atoms with Crippen molar-refractivity contribution in [3.05, 3.63) is 39.9 Å². The van der Waals surface area contributed by atoms with Gasteiger partial charge in [-0.3, -0.25) is 14.9 Å². The fourth-order valence-corrected chi connectivity index (χ4v) is 1.69. The monoisotopic (exact) mass is 268 g/mol. The molecule has 0 bridgehead atoms. The fraction of sp³-hybridized carbons (Fsp3) is 0.500. The summed E-state index contributed by atoms with van der Waals surface area (Å²) in [6, 6.07) is 5.86. The van der Waals surface area contributed by atoms with Gasteiger partial charge in [-0.25, -0.2) is 0 Å². The number of nitro benzene ring substituents is 1. The third kappa shape index (κ3) is 5.61. The molecule has 0 unspecified atom stereocenters. The number of hydrogen-bond acceptors (Lipinski definition) is 4. The van der Waals surface area contributed by atoms with Crippen LogP contribution in [0.4, 0.5) is 5.69 Å². The molecule has 0 aromatic heterocycles. The molecule has 0 heterocycles. The number of non-ortho nitro benzene ring substituents is 1. The van der Waals surface area contributed by atoms with E-state index < -0.39 is 4.92 Å². The maximum atomic E-state index is 12.0. The van der Waals surface area contributed by atoms with Gasteiger partial charge in [0.25, 0.3) is 5.69 Å². The molecule has 1 aromatic carbocycles. The highest BCUT2D eigenvalue weighted by Crippen LogP contribution is 2.16. The largest absolute Gasteiger partial charge is 0.309 e. The topological polar surface area (TPSA) is 63.5 Å². The van der Waals surface area contributed by atoms with Crippen LogP contribution in [0.1, 0.15) is 32.1 Å². The second kappa shape index (κ2) is 8.37. The van der Waals surface area contributed by atoms with Crippen LogP contribution in [0.3, 0.4) is 0 Å². The number of Topliss-reactive ketones (excluding diaryl/α,β-unsaturated/α-hetero) is 1. The Morgan fingerprint density at radius 1 is 1.37 bits per heavy atom. The summed E-state index contributed by atoms with van der Waals surface area (Å²) in [7, 11) is 3.77. The SMILES string of the molecule is C.C.C[C@@H](CN(C)C)C(=O)c1cccc([N+](=O)[O-])c1. The van der Waals surface area contributed by atoms with Gasteiger partial charge >= 0.3 is 0 Å². The fourth-order valence-electron chi connectivity index (χ4n) is 1.69. The number of hydrogen-bond donors (Lipinski definition) is 0. The Kier molecular flexibility index (Phi) is 8.63. The van der Waals surface area contributed by atoms with Crippen molar-refractivity contribution in [2.24, 2.45) is 5.92 Å². The molecule has 1 atom stereocenters. The zero-order valence-electron chi connectivity index (χ0n) is 10.2. The van der Waals surface area contributed by atoms with Gasteiger partial charge in [-0.2, -0.15) is 0 Å². The number of ketones is 1. The molecule has 0 spiro atoms. The molecule has 5 heteroatoms. The van der Waals surface area contributed by atoms with Crippen molar-refractivity contribution in [3.8, 4) is 0 Å². The minimum absolute atomic E-state index is 0. The molecule has 0 fully saturated rings. The van der Waals surface area contributed by atoms with Crippen LogP contribution < -0.4 is 0 Å². The Morgan fingerprint density at radius 3 is 2.42 bits per heavy atom. The summed E-state index contributed by atoms with van der Waals surface area (Å²) in [5.74, 6) is -0.241. The first-order chi connectivity index (χ1) is 7.91. The molecule has 0 N–H and O–H groups in total. The van der Waals surface area contributed by atoms with Crippen LogP contribution in [0.15, 0.2) is 24.3 Å². The van der Waals surface area contributed by atoms with Crippen molar-refractivity contribution >= 4 is 11.5 Å². The smallest absolute Gasteiger partial charge is 0.270 e. The Morgan fingerprint density at radius 2 is 1.95 bits per heavy atom. The number of benzene rings is 1. The lowest BCUT2D eigenvalue weighted by Crippen LogP contribution is -2.25. The molecule has 0 radical (unpaired) electrons. The molecule has 0 aliphatic rings. The zero-order valence-corrected chi connectivity index (χ0v) is 10.2.